The second-order valence-corrected chi connectivity index (χ2v) is 5.56. The van der Waals surface area contributed by atoms with Crippen LogP contribution in [0.4, 0.5) is 0 Å². The molecular weight excluding hydrogens is 264 g/mol. The van der Waals surface area contributed by atoms with Gasteiger partial charge in [0.2, 0.25) is 0 Å². The SMILES string of the molecule is CC(=O)O[C@@H]1C=C[C@H](OC(=O)CC(=O)OC(C)(C)C)C1. The summed E-state index contributed by atoms with van der Waals surface area (Å²) >= 11 is 0. The Morgan fingerprint density at radius 2 is 1.60 bits per heavy atom. The summed E-state index contributed by atoms with van der Waals surface area (Å²) in [5, 5.41) is 0. The van der Waals surface area contributed by atoms with Crippen LogP contribution >= 0.6 is 0 Å². The van der Waals surface area contributed by atoms with Crippen LogP contribution in [0.1, 0.15) is 40.5 Å². The lowest BCUT2D eigenvalue weighted by molar-refractivity contribution is -0.162. The minimum absolute atomic E-state index is 0.375. The molecule has 0 heterocycles. The van der Waals surface area contributed by atoms with E-state index < -0.39 is 30.1 Å². The normalized spacial score (nSPS) is 21.4. The van der Waals surface area contributed by atoms with E-state index in [1.165, 1.54) is 6.92 Å². The third-order valence-electron chi connectivity index (χ3n) is 2.31. The minimum Gasteiger partial charge on any atom is -0.460 e. The lowest BCUT2D eigenvalue weighted by atomic mass is 10.2. The lowest BCUT2D eigenvalue weighted by Gasteiger charge is -2.19. The fourth-order valence-corrected chi connectivity index (χ4v) is 1.73. The Morgan fingerprint density at radius 1 is 1.05 bits per heavy atom. The topological polar surface area (TPSA) is 78.9 Å². The Hall–Kier alpha value is -1.85. The number of hydrogen-bond donors (Lipinski definition) is 0. The number of ether oxygens (including phenoxy) is 3. The predicted molar refractivity (Wildman–Crippen MR) is 69.7 cm³/mol. The maximum atomic E-state index is 11.6. The van der Waals surface area contributed by atoms with Crippen LogP contribution in [0.5, 0.6) is 0 Å². The molecule has 0 saturated heterocycles. The monoisotopic (exact) mass is 284 g/mol. The Labute approximate surface area is 118 Å². The van der Waals surface area contributed by atoms with Gasteiger partial charge in [-0.05, 0) is 32.9 Å². The van der Waals surface area contributed by atoms with E-state index in [0.29, 0.717) is 6.42 Å². The maximum absolute atomic E-state index is 11.6. The summed E-state index contributed by atoms with van der Waals surface area (Å²) in [4.78, 5) is 33.8. The van der Waals surface area contributed by atoms with Crippen LogP contribution in [0.2, 0.25) is 0 Å². The number of carbonyl (C=O) groups excluding carboxylic acids is 3. The largest absolute Gasteiger partial charge is 0.460 e. The first-order chi connectivity index (χ1) is 9.15. The summed E-state index contributed by atoms with van der Waals surface area (Å²) in [5.41, 5.74) is -0.634. The van der Waals surface area contributed by atoms with Crippen molar-refractivity contribution in [3.63, 3.8) is 0 Å². The van der Waals surface area contributed by atoms with Gasteiger partial charge in [-0.3, -0.25) is 14.4 Å². The second kappa shape index (κ2) is 6.54. The van der Waals surface area contributed by atoms with Gasteiger partial charge in [0.05, 0.1) is 0 Å². The summed E-state index contributed by atoms with van der Waals surface area (Å²) in [6.45, 7) is 6.48. The van der Waals surface area contributed by atoms with Crippen molar-refractivity contribution in [2.75, 3.05) is 0 Å². The Bertz CT molecular complexity index is 418. The van der Waals surface area contributed by atoms with Gasteiger partial charge in [-0.15, -0.1) is 0 Å². The van der Waals surface area contributed by atoms with Crippen LogP contribution < -0.4 is 0 Å². The zero-order chi connectivity index (χ0) is 15.3. The van der Waals surface area contributed by atoms with Crippen LogP contribution in [-0.2, 0) is 28.6 Å². The molecule has 0 radical (unpaired) electrons. The first-order valence-electron chi connectivity index (χ1n) is 6.42. The van der Waals surface area contributed by atoms with Crippen molar-refractivity contribution < 1.29 is 28.6 Å². The number of esters is 3. The quantitative estimate of drug-likeness (QED) is 0.337. The Kier molecular flexibility index (Phi) is 5.30. The molecule has 2 atom stereocenters. The van der Waals surface area contributed by atoms with Gasteiger partial charge in [-0.25, -0.2) is 0 Å². The summed E-state index contributed by atoms with van der Waals surface area (Å²) in [6, 6.07) is 0. The van der Waals surface area contributed by atoms with Gasteiger partial charge in [-0.1, -0.05) is 0 Å². The van der Waals surface area contributed by atoms with E-state index in [1.54, 1.807) is 32.9 Å². The average molecular weight is 284 g/mol. The van der Waals surface area contributed by atoms with Crippen molar-refractivity contribution in [2.24, 2.45) is 0 Å². The van der Waals surface area contributed by atoms with Crippen LogP contribution in [0.3, 0.4) is 0 Å². The fourth-order valence-electron chi connectivity index (χ4n) is 1.73. The van der Waals surface area contributed by atoms with E-state index in [9.17, 15) is 14.4 Å². The molecule has 0 aromatic rings. The van der Waals surface area contributed by atoms with E-state index in [-0.39, 0.29) is 12.1 Å². The molecule has 0 bridgehead atoms. The second-order valence-electron chi connectivity index (χ2n) is 5.56. The highest BCUT2D eigenvalue weighted by molar-refractivity contribution is 5.91. The van der Waals surface area contributed by atoms with Crippen molar-refractivity contribution in [3.8, 4) is 0 Å². The van der Waals surface area contributed by atoms with Gasteiger partial charge in [-0.2, -0.15) is 0 Å². The van der Waals surface area contributed by atoms with E-state index in [0.717, 1.165) is 0 Å². The van der Waals surface area contributed by atoms with Gasteiger partial charge in [0.25, 0.3) is 0 Å². The molecule has 0 aromatic heterocycles. The molecule has 0 spiro atoms. The van der Waals surface area contributed by atoms with Crippen molar-refractivity contribution in [1.82, 2.24) is 0 Å². The average Bonchev–Trinajstić information content (AvgIpc) is 2.60. The van der Waals surface area contributed by atoms with Gasteiger partial charge in [0.1, 0.15) is 24.2 Å². The molecule has 0 aliphatic heterocycles. The van der Waals surface area contributed by atoms with Crippen molar-refractivity contribution in [1.29, 1.82) is 0 Å². The Morgan fingerprint density at radius 3 is 2.10 bits per heavy atom. The molecule has 0 saturated carbocycles. The molecule has 1 rings (SSSR count). The van der Waals surface area contributed by atoms with Crippen LogP contribution in [-0.4, -0.2) is 35.7 Å². The molecule has 20 heavy (non-hydrogen) atoms. The molecule has 1 aliphatic carbocycles. The van der Waals surface area contributed by atoms with Gasteiger partial charge >= 0.3 is 17.9 Å². The third-order valence-corrected chi connectivity index (χ3v) is 2.31. The van der Waals surface area contributed by atoms with Crippen molar-refractivity contribution in [3.05, 3.63) is 12.2 Å². The Balaban J connectivity index is 2.32. The zero-order valence-corrected chi connectivity index (χ0v) is 12.2. The zero-order valence-electron chi connectivity index (χ0n) is 12.2. The molecular formula is C14H20O6. The number of hydrogen-bond acceptors (Lipinski definition) is 6. The molecule has 6 heteroatoms. The van der Waals surface area contributed by atoms with E-state index in [2.05, 4.69) is 0 Å². The van der Waals surface area contributed by atoms with Crippen molar-refractivity contribution >= 4 is 17.9 Å². The maximum Gasteiger partial charge on any atom is 0.317 e. The third kappa shape index (κ3) is 6.36. The van der Waals surface area contributed by atoms with E-state index in [1.807, 2.05) is 0 Å². The van der Waals surface area contributed by atoms with Gasteiger partial charge in [0.15, 0.2) is 0 Å². The fraction of sp³-hybridized carbons (Fsp3) is 0.643. The van der Waals surface area contributed by atoms with Crippen LogP contribution in [0.15, 0.2) is 12.2 Å². The molecule has 0 fully saturated rings. The highest BCUT2D eigenvalue weighted by Gasteiger charge is 2.26. The van der Waals surface area contributed by atoms with Crippen LogP contribution in [0, 0.1) is 0 Å². The summed E-state index contributed by atoms with van der Waals surface area (Å²) in [6.07, 6.45) is 2.38. The van der Waals surface area contributed by atoms with Crippen molar-refractivity contribution in [2.45, 2.75) is 58.3 Å². The summed E-state index contributed by atoms with van der Waals surface area (Å²) in [5.74, 6) is -1.67. The van der Waals surface area contributed by atoms with Gasteiger partial charge in [0, 0.05) is 13.3 Å². The van der Waals surface area contributed by atoms with Gasteiger partial charge < -0.3 is 14.2 Å². The van der Waals surface area contributed by atoms with E-state index in [4.69, 9.17) is 14.2 Å². The molecule has 0 N–H and O–H groups in total. The molecule has 1 aliphatic rings. The molecule has 112 valence electrons. The molecule has 0 amide bonds. The molecule has 6 nitrogen and oxygen atoms in total. The minimum atomic E-state index is -0.655. The van der Waals surface area contributed by atoms with Crippen LogP contribution in [0.25, 0.3) is 0 Å². The smallest absolute Gasteiger partial charge is 0.317 e. The highest BCUT2D eigenvalue weighted by atomic mass is 16.6. The standard InChI is InChI=1S/C14H20O6/c1-9(15)18-10-5-6-11(7-10)19-12(16)8-13(17)20-14(2,3)4/h5-6,10-11H,7-8H2,1-4H3/t10-,11+/m1/s1. The highest BCUT2D eigenvalue weighted by Crippen LogP contribution is 2.18. The molecule has 0 unspecified atom stereocenters. The summed E-state index contributed by atoms with van der Waals surface area (Å²) in [7, 11) is 0. The first-order valence-corrected chi connectivity index (χ1v) is 6.42. The number of rotatable bonds is 4. The lowest BCUT2D eigenvalue weighted by Crippen LogP contribution is -2.27. The first kappa shape index (κ1) is 16.2. The van der Waals surface area contributed by atoms with E-state index >= 15 is 0 Å². The summed E-state index contributed by atoms with van der Waals surface area (Å²) < 4.78 is 15.1. The number of carbonyl (C=O) groups is 3. The predicted octanol–water partition coefficient (Wildman–Crippen LogP) is 1.52. The molecule has 0 aromatic carbocycles.